The highest BCUT2D eigenvalue weighted by Crippen LogP contribution is 2.25. The number of hydrogen-bond donors (Lipinski definition) is 2. The molecule has 0 aliphatic carbocycles. The number of hydrogen-bond acceptors (Lipinski definition) is 3. The van der Waals surface area contributed by atoms with E-state index in [0.717, 1.165) is 29.4 Å². The van der Waals surface area contributed by atoms with E-state index in [1.54, 1.807) is 6.20 Å². The Morgan fingerprint density at radius 1 is 1.28 bits per heavy atom. The molecule has 0 unspecified atom stereocenters. The van der Waals surface area contributed by atoms with Crippen molar-refractivity contribution < 1.29 is 5.11 Å². The summed E-state index contributed by atoms with van der Waals surface area (Å²) in [5, 5.41) is 14.9. The number of piperidine rings is 1. The van der Waals surface area contributed by atoms with Crippen LogP contribution in [-0.2, 0) is 0 Å². The Morgan fingerprint density at radius 3 is 3.06 bits per heavy atom. The first-order valence-electron chi connectivity index (χ1n) is 6.61. The van der Waals surface area contributed by atoms with Crippen LogP contribution >= 0.6 is 0 Å². The highest BCUT2D eigenvalue weighted by molar-refractivity contribution is 5.78. The quantitative estimate of drug-likeness (QED) is 0.850. The second kappa shape index (κ2) is 5.04. The van der Waals surface area contributed by atoms with Gasteiger partial charge in [-0.1, -0.05) is 24.6 Å². The van der Waals surface area contributed by atoms with Gasteiger partial charge >= 0.3 is 0 Å². The number of aliphatic hydroxyl groups is 1. The van der Waals surface area contributed by atoms with Crippen LogP contribution in [0.3, 0.4) is 0 Å². The van der Waals surface area contributed by atoms with Gasteiger partial charge in [0, 0.05) is 17.6 Å². The molecule has 3 rings (SSSR count). The minimum Gasteiger partial charge on any atom is -0.387 e. The number of aromatic nitrogens is 1. The minimum absolute atomic E-state index is 0.180. The molecule has 1 aromatic heterocycles. The van der Waals surface area contributed by atoms with Gasteiger partial charge in [0.05, 0.1) is 11.6 Å². The van der Waals surface area contributed by atoms with E-state index in [4.69, 9.17) is 0 Å². The zero-order valence-electron chi connectivity index (χ0n) is 10.3. The van der Waals surface area contributed by atoms with Crippen LogP contribution < -0.4 is 5.32 Å². The third-order valence-electron chi connectivity index (χ3n) is 3.70. The predicted molar refractivity (Wildman–Crippen MR) is 72.3 cm³/mol. The Morgan fingerprint density at radius 2 is 2.22 bits per heavy atom. The Labute approximate surface area is 107 Å². The van der Waals surface area contributed by atoms with Crippen molar-refractivity contribution in [2.45, 2.75) is 31.4 Å². The van der Waals surface area contributed by atoms with E-state index in [0.29, 0.717) is 0 Å². The van der Waals surface area contributed by atoms with Crippen molar-refractivity contribution in [2.75, 3.05) is 6.54 Å². The fourth-order valence-corrected chi connectivity index (χ4v) is 2.65. The number of nitrogens with zero attached hydrogens (tertiary/aromatic N) is 1. The molecule has 1 fully saturated rings. The van der Waals surface area contributed by atoms with Crippen LogP contribution in [0.5, 0.6) is 0 Å². The molecule has 1 aromatic carbocycles. The zero-order valence-corrected chi connectivity index (χ0v) is 10.3. The van der Waals surface area contributed by atoms with Crippen LogP contribution in [0.4, 0.5) is 0 Å². The first-order chi connectivity index (χ1) is 8.84. The van der Waals surface area contributed by atoms with Crippen molar-refractivity contribution in [3.8, 4) is 0 Å². The molecule has 0 spiro atoms. The summed E-state index contributed by atoms with van der Waals surface area (Å²) in [5.74, 6) is 0. The largest absolute Gasteiger partial charge is 0.387 e. The van der Waals surface area contributed by atoms with E-state index in [-0.39, 0.29) is 6.04 Å². The molecule has 3 nitrogen and oxygen atoms in total. The van der Waals surface area contributed by atoms with Crippen LogP contribution in [0.1, 0.15) is 30.9 Å². The average molecular weight is 242 g/mol. The summed E-state index contributed by atoms with van der Waals surface area (Å²) in [6.45, 7) is 1.01. The third-order valence-corrected chi connectivity index (χ3v) is 3.70. The molecular weight excluding hydrogens is 224 g/mol. The molecule has 2 heterocycles. The zero-order chi connectivity index (χ0) is 12.4. The van der Waals surface area contributed by atoms with Gasteiger partial charge in [-0.05, 0) is 37.1 Å². The van der Waals surface area contributed by atoms with Gasteiger partial charge in [0.25, 0.3) is 0 Å². The van der Waals surface area contributed by atoms with E-state index in [1.807, 2.05) is 30.3 Å². The van der Waals surface area contributed by atoms with Gasteiger partial charge in [-0.3, -0.25) is 4.98 Å². The molecular formula is C15H18N2O. The van der Waals surface area contributed by atoms with Gasteiger partial charge in [-0.25, -0.2) is 0 Å². The maximum Gasteiger partial charge on any atom is 0.0943 e. The van der Waals surface area contributed by atoms with Crippen LogP contribution in [-0.4, -0.2) is 22.7 Å². The lowest BCUT2D eigenvalue weighted by Crippen LogP contribution is -2.38. The Kier molecular flexibility index (Phi) is 3.26. The lowest BCUT2D eigenvalue weighted by atomic mass is 9.94. The van der Waals surface area contributed by atoms with Crippen LogP contribution in [0.15, 0.2) is 36.5 Å². The van der Waals surface area contributed by atoms with Gasteiger partial charge in [-0.2, -0.15) is 0 Å². The van der Waals surface area contributed by atoms with E-state index in [1.165, 1.54) is 12.8 Å². The molecule has 2 aromatic rings. The normalized spacial score (nSPS) is 21.9. The fraction of sp³-hybridized carbons (Fsp3) is 0.400. The first-order valence-corrected chi connectivity index (χ1v) is 6.61. The molecule has 2 atom stereocenters. The minimum atomic E-state index is -0.434. The van der Waals surface area contributed by atoms with Crippen molar-refractivity contribution in [2.24, 2.45) is 0 Å². The van der Waals surface area contributed by atoms with Gasteiger partial charge < -0.3 is 10.4 Å². The smallest absolute Gasteiger partial charge is 0.0943 e. The maximum atomic E-state index is 10.4. The van der Waals surface area contributed by atoms with Gasteiger partial charge in [0.15, 0.2) is 0 Å². The lowest BCUT2D eigenvalue weighted by molar-refractivity contribution is 0.114. The van der Waals surface area contributed by atoms with Gasteiger partial charge in [-0.15, -0.1) is 0 Å². The molecule has 3 heteroatoms. The Balaban J connectivity index is 1.88. The average Bonchev–Trinajstić information content (AvgIpc) is 2.47. The molecule has 0 bridgehead atoms. The fourth-order valence-electron chi connectivity index (χ4n) is 2.65. The molecule has 0 amide bonds. The van der Waals surface area contributed by atoms with Gasteiger partial charge in [0.1, 0.15) is 0 Å². The number of benzene rings is 1. The summed E-state index contributed by atoms with van der Waals surface area (Å²) in [4.78, 5) is 4.34. The van der Waals surface area contributed by atoms with Crippen molar-refractivity contribution in [3.63, 3.8) is 0 Å². The SMILES string of the molecule is O[C@H](c1ccc2cccnc2c1)[C@H]1CCCCN1. The Hall–Kier alpha value is -1.45. The maximum absolute atomic E-state index is 10.4. The summed E-state index contributed by atoms with van der Waals surface area (Å²) in [6, 6.07) is 10.2. The highest BCUT2D eigenvalue weighted by Gasteiger charge is 2.22. The second-order valence-corrected chi connectivity index (χ2v) is 4.96. The van der Waals surface area contributed by atoms with E-state index < -0.39 is 6.10 Å². The highest BCUT2D eigenvalue weighted by atomic mass is 16.3. The van der Waals surface area contributed by atoms with Gasteiger partial charge in [0.2, 0.25) is 0 Å². The topological polar surface area (TPSA) is 45.2 Å². The molecule has 1 saturated heterocycles. The number of rotatable bonds is 2. The third kappa shape index (κ3) is 2.24. The monoisotopic (exact) mass is 242 g/mol. The van der Waals surface area contributed by atoms with Crippen LogP contribution in [0.25, 0.3) is 10.9 Å². The number of fused-ring (bicyclic) bond motifs is 1. The number of pyridine rings is 1. The molecule has 18 heavy (non-hydrogen) atoms. The Bertz CT molecular complexity index is 535. The summed E-state index contributed by atoms with van der Waals surface area (Å²) in [7, 11) is 0. The van der Waals surface area contributed by atoms with E-state index in [9.17, 15) is 5.11 Å². The second-order valence-electron chi connectivity index (χ2n) is 4.96. The van der Waals surface area contributed by atoms with E-state index in [2.05, 4.69) is 10.3 Å². The number of aliphatic hydroxyl groups excluding tert-OH is 1. The van der Waals surface area contributed by atoms with Crippen molar-refractivity contribution in [1.82, 2.24) is 10.3 Å². The molecule has 1 aliphatic heterocycles. The first kappa shape index (κ1) is 11.6. The summed E-state index contributed by atoms with van der Waals surface area (Å²) in [6.07, 6.45) is 4.80. The molecule has 2 N–H and O–H groups in total. The van der Waals surface area contributed by atoms with Crippen molar-refractivity contribution >= 4 is 10.9 Å². The molecule has 94 valence electrons. The van der Waals surface area contributed by atoms with Crippen molar-refractivity contribution in [1.29, 1.82) is 0 Å². The van der Waals surface area contributed by atoms with Crippen LogP contribution in [0, 0.1) is 0 Å². The van der Waals surface area contributed by atoms with Crippen LogP contribution in [0.2, 0.25) is 0 Å². The van der Waals surface area contributed by atoms with Crippen molar-refractivity contribution in [3.05, 3.63) is 42.1 Å². The lowest BCUT2D eigenvalue weighted by Gasteiger charge is -2.28. The summed E-state index contributed by atoms with van der Waals surface area (Å²) < 4.78 is 0. The molecule has 0 saturated carbocycles. The standard InChI is InChI=1S/C15H18N2O/c18-15(13-5-1-2-8-16-13)12-7-6-11-4-3-9-17-14(11)10-12/h3-4,6-7,9-10,13,15-16,18H,1-2,5,8H2/t13-,15-/m1/s1. The molecule has 0 radical (unpaired) electrons. The number of nitrogens with one attached hydrogen (secondary N) is 1. The summed E-state index contributed by atoms with van der Waals surface area (Å²) in [5.41, 5.74) is 1.91. The predicted octanol–water partition coefficient (Wildman–Crippen LogP) is 2.41. The summed E-state index contributed by atoms with van der Waals surface area (Å²) >= 11 is 0. The van der Waals surface area contributed by atoms with E-state index >= 15 is 0 Å². The molecule has 1 aliphatic rings.